The second-order valence-corrected chi connectivity index (χ2v) is 3.38. The highest BCUT2D eigenvalue weighted by atomic mass is 16.2. The molecule has 1 aromatic rings. The van der Waals surface area contributed by atoms with Crippen molar-refractivity contribution in [1.82, 2.24) is 5.32 Å². The highest BCUT2D eigenvalue weighted by Gasteiger charge is 2.08. The number of anilines is 1. The standard InChI is InChI=1S/C12H12N4O/c1-2-10(8-14)15-12(17)16-11-5-3-9(7-13)4-6-11/h3-6,10H,2H2,1H3,(H2,15,16,17). The van der Waals surface area contributed by atoms with Crippen molar-refractivity contribution in [1.29, 1.82) is 10.5 Å². The molecular formula is C12H12N4O. The molecule has 0 heterocycles. The summed E-state index contributed by atoms with van der Waals surface area (Å²) in [6, 6.07) is 9.52. The van der Waals surface area contributed by atoms with Gasteiger partial charge >= 0.3 is 6.03 Å². The van der Waals surface area contributed by atoms with Crippen molar-refractivity contribution in [3.05, 3.63) is 29.8 Å². The molecule has 0 aliphatic heterocycles. The summed E-state index contributed by atoms with van der Waals surface area (Å²) in [5.41, 5.74) is 1.11. The van der Waals surface area contributed by atoms with Crippen LogP contribution in [0.15, 0.2) is 24.3 Å². The molecule has 1 atom stereocenters. The highest BCUT2D eigenvalue weighted by Crippen LogP contribution is 2.08. The summed E-state index contributed by atoms with van der Waals surface area (Å²) < 4.78 is 0. The molecule has 0 spiro atoms. The number of carbonyl (C=O) groups is 1. The van der Waals surface area contributed by atoms with Crippen LogP contribution in [0.1, 0.15) is 18.9 Å². The highest BCUT2D eigenvalue weighted by molar-refractivity contribution is 5.89. The van der Waals surface area contributed by atoms with Crippen LogP contribution in [0.5, 0.6) is 0 Å². The molecule has 1 aromatic carbocycles. The largest absolute Gasteiger partial charge is 0.322 e. The third-order valence-corrected chi connectivity index (χ3v) is 2.14. The van der Waals surface area contributed by atoms with Crippen LogP contribution in [-0.2, 0) is 0 Å². The summed E-state index contributed by atoms with van der Waals surface area (Å²) in [7, 11) is 0. The first kappa shape index (κ1) is 12.5. The van der Waals surface area contributed by atoms with E-state index in [-0.39, 0.29) is 0 Å². The van der Waals surface area contributed by atoms with Gasteiger partial charge in [0.2, 0.25) is 0 Å². The zero-order valence-electron chi connectivity index (χ0n) is 9.40. The fourth-order valence-corrected chi connectivity index (χ4v) is 1.18. The van der Waals surface area contributed by atoms with Crippen molar-refractivity contribution in [2.45, 2.75) is 19.4 Å². The van der Waals surface area contributed by atoms with Crippen LogP contribution in [0.4, 0.5) is 10.5 Å². The van der Waals surface area contributed by atoms with Gasteiger partial charge in [-0.25, -0.2) is 4.79 Å². The number of nitrogens with zero attached hydrogens (tertiary/aromatic N) is 2. The van der Waals surface area contributed by atoms with E-state index in [1.807, 2.05) is 19.1 Å². The molecule has 2 amide bonds. The lowest BCUT2D eigenvalue weighted by Crippen LogP contribution is -2.36. The number of hydrogen-bond donors (Lipinski definition) is 2. The Hall–Kier alpha value is -2.53. The molecule has 0 aromatic heterocycles. The van der Waals surface area contributed by atoms with E-state index in [1.165, 1.54) is 0 Å². The van der Waals surface area contributed by atoms with E-state index in [2.05, 4.69) is 10.6 Å². The van der Waals surface area contributed by atoms with E-state index >= 15 is 0 Å². The fourth-order valence-electron chi connectivity index (χ4n) is 1.18. The smallest absolute Gasteiger partial charge is 0.320 e. The molecule has 0 saturated heterocycles. The van der Waals surface area contributed by atoms with E-state index in [0.29, 0.717) is 17.7 Å². The Labute approximate surface area is 99.7 Å². The van der Waals surface area contributed by atoms with E-state index in [4.69, 9.17) is 10.5 Å². The number of benzene rings is 1. The minimum absolute atomic E-state index is 0.428. The number of urea groups is 1. The molecule has 0 saturated carbocycles. The Morgan fingerprint density at radius 2 is 2.00 bits per heavy atom. The number of amides is 2. The Morgan fingerprint density at radius 3 is 2.47 bits per heavy atom. The third-order valence-electron chi connectivity index (χ3n) is 2.14. The van der Waals surface area contributed by atoms with Gasteiger partial charge in [0, 0.05) is 5.69 Å². The minimum Gasteiger partial charge on any atom is -0.322 e. The predicted octanol–water partition coefficient (Wildman–Crippen LogP) is 1.98. The number of carbonyl (C=O) groups excluding carboxylic acids is 1. The Morgan fingerprint density at radius 1 is 1.35 bits per heavy atom. The Bertz CT molecular complexity index is 467. The first-order chi connectivity index (χ1) is 8.19. The van der Waals surface area contributed by atoms with E-state index in [1.54, 1.807) is 24.3 Å². The molecular weight excluding hydrogens is 216 g/mol. The maximum Gasteiger partial charge on any atom is 0.320 e. The summed E-state index contributed by atoms with van der Waals surface area (Å²) in [6.45, 7) is 1.82. The topological polar surface area (TPSA) is 88.7 Å². The van der Waals surface area contributed by atoms with Crippen LogP contribution in [0.25, 0.3) is 0 Å². The molecule has 86 valence electrons. The number of nitrogens with one attached hydrogen (secondary N) is 2. The number of nitriles is 2. The van der Waals surface area contributed by atoms with Crippen LogP contribution in [0.2, 0.25) is 0 Å². The molecule has 2 N–H and O–H groups in total. The van der Waals surface area contributed by atoms with Crippen LogP contribution < -0.4 is 10.6 Å². The number of hydrogen-bond acceptors (Lipinski definition) is 3. The molecule has 17 heavy (non-hydrogen) atoms. The van der Waals surface area contributed by atoms with Crippen molar-refractivity contribution >= 4 is 11.7 Å². The van der Waals surface area contributed by atoms with Gasteiger partial charge in [-0.2, -0.15) is 10.5 Å². The summed E-state index contributed by atoms with van der Waals surface area (Å²) in [5.74, 6) is 0. The molecule has 5 heteroatoms. The van der Waals surface area contributed by atoms with E-state index in [9.17, 15) is 4.79 Å². The summed E-state index contributed by atoms with van der Waals surface area (Å²) in [6.07, 6.45) is 0.553. The molecule has 0 radical (unpaired) electrons. The quantitative estimate of drug-likeness (QED) is 0.828. The van der Waals surface area contributed by atoms with Crippen LogP contribution in [-0.4, -0.2) is 12.1 Å². The average Bonchev–Trinajstić information content (AvgIpc) is 2.37. The predicted molar refractivity (Wildman–Crippen MR) is 63.0 cm³/mol. The van der Waals surface area contributed by atoms with Gasteiger partial charge in [0.15, 0.2) is 0 Å². The van der Waals surface area contributed by atoms with Crippen molar-refractivity contribution in [3.8, 4) is 12.1 Å². The molecule has 0 aliphatic rings. The summed E-state index contributed by atoms with van der Waals surface area (Å²) in [4.78, 5) is 11.5. The zero-order chi connectivity index (χ0) is 12.7. The molecule has 0 aliphatic carbocycles. The monoisotopic (exact) mass is 228 g/mol. The van der Waals surface area contributed by atoms with Crippen LogP contribution in [0.3, 0.4) is 0 Å². The lowest BCUT2D eigenvalue weighted by Gasteiger charge is -2.10. The second kappa shape index (κ2) is 6.14. The Balaban J connectivity index is 2.57. The molecule has 5 nitrogen and oxygen atoms in total. The van der Waals surface area contributed by atoms with Crippen molar-refractivity contribution in [2.75, 3.05) is 5.32 Å². The van der Waals surface area contributed by atoms with Gasteiger partial charge in [-0.1, -0.05) is 6.92 Å². The lowest BCUT2D eigenvalue weighted by molar-refractivity contribution is 0.250. The molecule has 0 fully saturated rings. The lowest BCUT2D eigenvalue weighted by atomic mass is 10.2. The van der Waals surface area contributed by atoms with Crippen molar-refractivity contribution < 1.29 is 4.79 Å². The van der Waals surface area contributed by atoms with Crippen LogP contribution in [0, 0.1) is 22.7 Å². The maximum absolute atomic E-state index is 11.5. The maximum atomic E-state index is 11.5. The molecule has 1 unspecified atom stereocenters. The van der Waals surface area contributed by atoms with Crippen molar-refractivity contribution in [3.63, 3.8) is 0 Å². The van der Waals surface area contributed by atoms with Gasteiger partial charge in [0.25, 0.3) is 0 Å². The SMILES string of the molecule is CCC(C#N)NC(=O)Nc1ccc(C#N)cc1. The third kappa shape index (κ3) is 3.84. The van der Waals surface area contributed by atoms with Gasteiger partial charge in [-0.05, 0) is 30.7 Å². The second-order valence-electron chi connectivity index (χ2n) is 3.38. The minimum atomic E-state index is -0.492. The molecule has 1 rings (SSSR count). The van der Waals surface area contributed by atoms with E-state index < -0.39 is 12.1 Å². The summed E-state index contributed by atoms with van der Waals surface area (Å²) in [5, 5.41) is 22.4. The van der Waals surface area contributed by atoms with E-state index in [0.717, 1.165) is 0 Å². The first-order valence-electron chi connectivity index (χ1n) is 5.17. The van der Waals surface area contributed by atoms with Gasteiger partial charge in [0.05, 0.1) is 17.7 Å². The summed E-state index contributed by atoms with van der Waals surface area (Å²) >= 11 is 0. The zero-order valence-corrected chi connectivity index (χ0v) is 9.40. The first-order valence-corrected chi connectivity index (χ1v) is 5.17. The van der Waals surface area contributed by atoms with Gasteiger partial charge in [-0.3, -0.25) is 0 Å². The van der Waals surface area contributed by atoms with Crippen LogP contribution >= 0.6 is 0 Å². The Kier molecular flexibility index (Phi) is 4.53. The number of rotatable bonds is 3. The molecule has 0 bridgehead atoms. The normalized spacial score (nSPS) is 10.8. The van der Waals surface area contributed by atoms with Crippen molar-refractivity contribution in [2.24, 2.45) is 0 Å². The van der Waals surface area contributed by atoms with Gasteiger partial charge in [0.1, 0.15) is 6.04 Å². The average molecular weight is 228 g/mol. The fraction of sp³-hybridized carbons (Fsp3) is 0.250. The van der Waals surface area contributed by atoms with Gasteiger partial charge in [-0.15, -0.1) is 0 Å². The van der Waals surface area contributed by atoms with Gasteiger partial charge < -0.3 is 10.6 Å².